The van der Waals surface area contributed by atoms with Crippen molar-refractivity contribution in [3.05, 3.63) is 89.0 Å². The molecule has 3 aromatic carbocycles. The molecule has 0 unspecified atom stereocenters. The number of aromatic nitrogens is 2. The van der Waals surface area contributed by atoms with Crippen LogP contribution >= 0.6 is 0 Å². The number of hydrogen-bond acceptors (Lipinski definition) is 3. The molecule has 200 valence electrons. The van der Waals surface area contributed by atoms with Crippen molar-refractivity contribution in [2.24, 2.45) is 0 Å². The van der Waals surface area contributed by atoms with Crippen molar-refractivity contribution in [2.45, 2.75) is 64.9 Å². The molecule has 0 saturated heterocycles. The zero-order chi connectivity index (χ0) is 27.1. The molecule has 4 rings (SSSR count). The third-order valence-corrected chi connectivity index (χ3v) is 6.51. The second-order valence-electron chi connectivity index (χ2n) is 9.32. The molecule has 0 radical (unpaired) electrons. The lowest BCUT2D eigenvalue weighted by molar-refractivity contribution is -0.0546. The Morgan fingerprint density at radius 2 is 1.47 bits per heavy atom. The molecular formula is C30H29F5N2O. The lowest BCUT2D eigenvalue weighted by Crippen LogP contribution is -2.06. The van der Waals surface area contributed by atoms with Gasteiger partial charge in [-0.15, -0.1) is 0 Å². The van der Waals surface area contributed by atoms with E-state index in [1.54, 1.807) is 24.3 Å². The monoisotopic (exact) mass is 528 g/mol. The zero-order valence-corrected chi connectivity index (χ0v) is 21.1. The third-order valence-electron chi connectivity index (χ3n) is 6.51. The maximum absolute atomic E-state index is 15.2. The Bertz CT molecular complexity index is 1350. The van der Waals surface area contributed by atoms with Crippen molar-refractivity contribution in [2.75, 3.05) is 0 Å². The van der Waals surface area contributed by atoms with Gasteiger partial charge in [0.1, 0.15) is 5.82 Å². The first-order valence-electron chi connectivity index (χ1n) is 12.8. The van der Waals surface area contributed by atoms with Crippen LogP contribution in [0.15, 0.2) is 54.9 Å². The van der Waals surface area contributed by atoms with E-state index in [4.69, 9.17) is 0 Å². The van der Waals surface area contributed by atoms with Gasteiger partial charge in [-0.2, -0.15) is 8.78 Å². The third kappa shape index (κ3) is 6.85. The Kier molecular flexibility index (Phi) is 9.26. The fourth-order valence-corrected chi connectivity index (χ4v) is 4.47. The molecule has 8 heteroatoms. The Balaban J connectivity index is 1.43. The lowest BCUT2D eigenvalue weighted by Gasteiger charge is -2.11. The van der Waals surface area contributed by atoms with Gasteiger partial charge in [0.25, 0.3) is 0 Å². The van der Waals surface area contributed by atoms with Crippen LogP contribution in [0.3, 0.4) is 0 Å². The number of aryl methyl sites for hydroxylation is 3. The van der Waals surface area contributed by atoms with Gasteiger partial charge in [-0.05, 0) is 66.0 Å². The van der Waals surface area contributed by atoms with E-state index < -0.39 is 29.8 Å². The van der Waals surface area contributed by atoms with Gasteiger partial charge in [0, 0.05) is 23.3 Å². The normalized spacial score (nSPS) is 11.4. The molecule has 0 aliphatic rings. The summed E-state index contributed by atoms with van der Waals surface area (Å²) in [6.45, 7) is -1.14. The molecule has 38 heavy (non-hydrogen) atoms. The molecule has 0 amide bonds. The second-order valence-corrected chi connectivity index (χ2v) is 9.32. The molecule has 0 bridgehead atoms. The van der Waals surface area contributed by atoms with Crippen LogP contribution in [0.5, 0.6) is 5.75 Å². The fraction of sp³-hybridized carbons (Fsp3) is 0.333. The number of ether oxygens (including phenoxy) is 1. The number of rotatable bonds is 12. The fourth-order valence-electron chi connectivity index (χ4n) is 4.47. The van der Waals surface area contributed by atoms with Gasteiger partial charge in [-0.3, -0.25) is 0 Å². The lowest BCUT2D eigenvalue weighted by atomic mass is 9.98. The quantitative estimate of drug-likeness (QED) is 0.136. The van der Waals surface area contributed by atoms with Crippen LogP contribution in [0.4, 0.5) is 22.0 Å². The highest BCUT2D eigenvalue weighted by atomic mass is 19.3. The smallest absolute Gasteiger partial charge is 0.387 e. The molecule has 0 saturated carbocycles. The molecular weight excluding hydrogens is 499 g/mol. The molecule has 0 fully saturated rings. The van der Waals surface area contributed by atoms with Crippen molar-refractivity contribution in [3.8, 4) is 17.1 Å². The van der Waals surface area contributed by atoms with E-state index in [0.29, 0.717) is 22.2 Å². The Hall–Kier alpha value is -3.55. The highest BCUT2D eigenvalue weighted by Gasteiger charge is 2.17. The van der Waals surface area contributed by atoms with Crippen LogP contribution in [-0.4, -0.2) is 16.6 Å². The summed E-state index contributed by atoms with van der Waals surface area (Å²) in [5, 5.41) is 1.09. The van der Waals surface area contributed by atoms with E-state index in [-0.39, 0.29) is 18.4 Å². The molecule has 0 aliphatic carbocycles. The topological polar surface area (TPSA) is 35.0 Å². The van der Waals surface area contributed by atoms with E-state index in [9.17, 15) is 17.6 Å². The summed E-state index contributed by atoms with van der Waals surface area (Å²) in [6.07, 6.45) is 10.9. The minimum absolute atomic E-state index is 0.113. The standard InChI is InChI=1S/C30H29F5N2O/c1-2-3-4-5-6-7-20-17-36-29(37-18-20)23-12-13-24-22(16-23)11-10-21(27(24)33)9-8-19-14-25(31)28(26(32)15-19)38-30(34)35/h10-18,30H,2-9H2,1H3. The molecule has 0 spiro atoms. The van der Waals surface area contributed by atoms with E-state index in [1.807, 2.05) is 18.5 Å². The summed E-state index contributed by atoms with van der Waals surface area (Å²) >= 11 is 0. The van der Waals surface area contributed by atoms with Crippen LogP contribution in [0.2, 0.25) is 0 Å². The maximum Gasteiger partial charge on any atom is 0.387 e. The first-order chi connectivity index (χ1) is 18.4. The first-order valence-corrected chi connectivity index (χ1v) is 12.8. The summed E-state index contributed by atoms with van der Waals surface area (Å²) in [5.74, 6) is -3.44. The van der Waals surface area contributed by atoms with Gasteiger partial charge in [0.05, 0.1) is 0 Å². The number of unbranched alkanes of at least 4 members (excludes halogenated alkanes) is 4. The number of alkyl halides is 2. The molecule has 0 aliphatic heterocycles. The van der Waals surface area contributed by atoms with Crippen LogP contribution < -0.4 is 4.74 Å². The number of benzene rings is 3. The first kappa shape index (κ1) is 27.5. The van der Waals surface area contributed by atoms with Gasteiger partial charge in [0.15, 0.2) is 23.2 Å². The molecule has 4 aromatic rings. The van der Waals surface area contributed by atoms with Crippen LogP contribution in [-0.2, 0) is 19.3 Å². The van der Waals surface area contributed by atoms with E-state index in [0.717, 1.165) is 36.1 Å². The van der Waals surface area contributed by atoms with E-state index in [1.165, 1.54) is 25.7 Å². The van der Waals surface area contributed by atoms with Crippen molar-refractivity contribution in [1.82, 2.24) is 9.97 Å². The largest absolute Gasteiger partial charge is 0.429 e. The molecule has 1 aromatic heterocycles. The number of halogens is 5. The SMILES string of the molecule is CCCCCCCc1cnc(-c2ccc3c(F)c(CCc4cc(F)c(OC(F)F)c(F)c4)ccc3c2)nc1. The van der Waals surface area contributed by atoms with Gasteiger partial charge in [0.2, 0.25) is 0 Å². The van der Waals surface area contributed by atoms with Gasteiger partial charge in [-0.1, -0.05) is 56.9 Å². The minimum atomic E-state index is -3.34. The Morgan fingerprint density at radius 1 is 0.763 bits per heavy atom. The summed E-state index contributed by atoms with van der Waals surface area (Å²) in [4.78, 5) is 8.99. The van der Waals surface area contributed by atoms with Crippen LogP contribution in [0, 0.1) is 17.5 Å². The molecule has 1 heterocycles. The minimum Gasteiger partial charge on any atom is -0.429 e. The Morgan fingerprint density at radius 3 is 2.16 bits per heavy atom. The van der Waals surface area contributed by atoms with Gasteiger partial charge >= 0.3 is 6.61 Å². The van der Waals surface area contributed by atoms with E-state index in [2.05, 4.69) is 21.6 Å². The number of fused-ring (bicyclic) bond motifs is 1. The van der Waals surface area contributed by atoms with E-state index >= 15 is 4.39 Å². The summed E-state index contributed by atoms with van der Waals surface area (Å²) in [5.41, 5.74) is 2.45. The molecule has 3 nitrogen and oxygen atoms in total. The highest BCUT2D eigenvalue weighted by molar-refractivity contribution is 5.87. The van der Waals surface area contributed by atoms with Crippen molar-refractivity contribution in [3.63, 3.8) is 0 Å². The summed E-state index contributed by atoms with van der Waals surface area (Å²) < 4.78 is 71.8. The predicted molar refractivity (Wildman–Crippen MR) is 138 cm³/mol. The maximum atomic E-state index is 15.2. The molecule has 0 N–H and O–H groups in total. The predicted octanol–water partition coefficient (Wildman–Crippen LogP) is 8.61. The zero-order valence-electron chi connectivity index (χ0n) is 21.1. The van der Waals surface area contributed by atoms with Crippen molar-refractivity contribution in [1.29, 1.82) is 0 Å². The molecule has 0 atom stereocenters. The average Bonchev–Trinajstić information content (AvgIpc) is 2.90. The summed E-state index contributed by atoms with van der Waals surface area (Å²) in [6, 6.07) is 10.5. The van der Waals surface area contributed by atoms with Crippen molar-refractivity contribution >= 4 is 10.8 Å². The number of hydrogen-bond donors (Lipinski definition) is 0. The van der Waals surface area contributed by atoms with Gasteiger partial charge < -0.3 is 4.74 Å². The average molecular weight is 529 g/mol. The van der Waals surface area contributed by atoms with Crippen LogP contribution in [0.1, 0.15) is 55.7 Å². The number of nitrogens with zero attached hydrogens (tertiary/aromatic N) is 2. The van der Waals surface area contributed by atoms with Crippen LogP contribution in [0.25, 0.3) is 22.2 Å². The van der Waals surface area contributed by atoms with Crippen molar-refractivity contribution < 1.29 is 26.7 Å². The highest BCUT2D eigenvalue weighted by Crippen LogP contribution is 2.28. The second kappa shape index (κ2) is 12.8. The Labute approximate surface area is 218 Å². The summed E-state index contributed by atoms with van der Waals surface area (Å²) in [7, 11) is 0. The van der Waals surface area contributed by atoms with Gasteiger partial charge in [-0.25, -0.2) is 23.1 Å².